The monoisotopic (exact) mass is 393 g/mol. The van der Waals surface area contributed by atoms with Crippen LogP contribution in [-0.4, -0.2) is 32.7 Å². The fourth-order valence-electron chi connectivity index (χ4n) is 4.21. The summed E-state index contributed by atoms with van der Waals surface area (Å²) in [5, 5.41) is 0. The number of benzene rings is 2. The smallest absolute Gasteiger partial charge is 0.336 e. The lowest BCUT2D eigenvalue weighted by Gasteiger charge is -2.32. The Hall–Kier alpha value is -3.28. The third kappa shape index (κ3) is 3.24. The zero-order valence-corrected chi connectivity index (χ0v) is 16.9. The highest BCUT2D eigenvalue weighted by atomic mass is 16.5. The maximum atomic E-state index is 13.2. The Morgan fingerprint density at radius 1 is 1.00 bits per heavy atom. The number of rotatable bonds is 4. The van der Waals surface area contributed by atoms with Gasteiger partial charge in [0.05, 0.1) is 25.5 Å². The van der Waals surface area contributed by atoms with Crippen molar-refractivity contribution in [3.05, 3.63) is 64.4 Å². The van der Waals surface area contributed by atoms with Crippen LogP contribution in [0.4, 0.5) is 5.69 Å². The Balaban J connectivity index is 1.85. The minimum absolute atomic E-state index is 0.0741. The second-order valence-corrected chi connectivity index (χ2v) is 7.38. The van der Waals surface area contributed by atoms with E-state index in [9.17, 15) is 9.59 Å². The first-order valence-electron chi connectivity index (χ1n) is 9.46. The molecule has 2 aromatic carbocycles. The molecule has 6 heteroatoms. The van der Waals surface area contributed by atoms with Crippen molar-refractivity contribution in [2.24, 2.45) is 0 Å². The van der Waals surface area contributed by atoms with Crippen molar-refractivity contribution >= 4 is 17.6 Å². The summed E-state index contributed by atoms with van der Waals surface area (Å²) in [6, 6.07) is 11.4. The van der Waals surface area contributed by atoms with Crippen molar-refractivity contribution in [3.63, 3.8) is 0 Å². The Labute approximate surface area is 169 Å². The molecule has 1 atom stereocenters. The maximum Gasteiger partial charge on any atom is 0.336 e. The number of carbonyl (C=O) groups excluding carboxylic acids is 2. The van der Waals surface area contributed by atoms with Gasteiger partial charge in [-0.1, -0.05) is 12.1 Å². The fourth-order valence-corrected chi connectivity index (χ4v) is 4.21. The third-order valence-corrected chi connectivity index (χ3v) is 5.40. The van der Waals surface area contributed by atoms with Crippen LogP contribution in [0.2, 0.25) is 0 Å². The quantitative estimate of drug-likeness (QED) is 0.742. The van der Waals surface area contributed by atoms with E-state index in [1.54, 1.807) is 31.3 Å². The van der Waals surface area contributed by atoms with E-state index in [0.29, 0.717) is 22.8 Å². The van der Waals surface area contributed by atoms with E-state index < -0.39 is 5.92 Å². The van der Waals surface area contributed by atoms with Crippen molar-refractivity contribution in [1.29, 1.82) is 0 Å². The summed E-state index contributed by atoms with van der Waals surface area (Å²) in [6.07, 6.45) is 0.156. The first kappa shape index (κ1) is 19.1. The van der Waals surface area contributed by atoms with Crippen molar-refractivity contribution in [3.8, 4) is 11.5 Å². The average molecular weight is 393 g/mol. The number of hydrogen-bond acceptors (Lipinski definition) is 5. The van der Waals surface area contributed by atoms with Gasteiger partial charge in [-0.05, 0) is 43.2 Å². The molecule has 0 aliphatic carbocycles. The van der Waals surface area contributed by atoms with E-state index in [0.717, 1.165) is 22.4 Å². The van der Waals surface area contributed by atoms with Crippen LogP contribution in [0.15, 0.2) is 47.7 Å². The topological polar surface area (TPSA) is 65.1 Å². The van der Waals surface area contributed by atoms with Crippen LogP contribution in [0, 0.1) is 13.8 Å². The largest absolute Gasteiger partial charge is 0.497 e. The Morgan fingerprint density at radius 2 is 1.72 bits per heavy atom. The molecule has 0 spiro atoms. The number of amides is 1. The Bertz CT molecular complexity index is 1020. The molecule has 0 radical (unpaired) electrons. The standard InChI is InChI=1S/C23H23NO5/c1-13-7-14(2)9-15(8-13)24-19-12-29-23(26)22(19)18(11-21(24)25)17-6-5-16(27-3)10-20(17)28-4/h5-10,18H,11-12H2,1-4H3/t18-/m0/s1. The highest BCUT2D eigenvalue weighted by Crippen LogP contribution is 2.45. The molecule has 0 unspecified atom stereocenters. The molecular weight excluding hydrogens is 370 g/mol. The number of cyclic esters (lactones) is 1. The number of ether oxygens (including phenoxy) is 3. The first-order valence-corrected chi connectivity index (χ1v) is 9.46. The number of aryl methyl sites for hydroxylation is 2. The lowest BCUT2D eigenvalue weighted by atomic mass is 9.83. The lowest BCUT2D eigenvalue weighted by molar-refractivity contribution is -0.136. The van der Waals surface area contributed by atoms with E-state index in [2.05, 4.69) is 6.07 Å². The molecule has 0 fully saturated rings. The van der Waals surface area contributed by atoms with Gasteiger partial charge in [0.25, 0.3) is 0 Å². The number of esters is 1. The second kappa shape index (κ2) is 7.28. The predicted octanol–water partition coefficient (Wildman–Crippen LogP) is 3.65. The SMILES string of the molecule is COc1ccc([C@@H]2CC(=O)N(c3cc(C)cc(C)c3)C3=C2C(=O)OC3)c(OC)c1. The van der Waals surface area contributed by atoms with Crippen molar-refractivity contribution in [1.82, 2.24) is 0 Å². The molecule has 150 valence electrons. The van der Waals surface area contributed by atoms with Crippen LogP contribution in [-0.2, 0) is 14.3 Å². The van der Waals surface area contributed by atoms with Gasteiger partial charge in [0.2, 0.25) is 5.91 Å². The van der Waals surface area contributed by atoms with Gasteiger partial charge in [-0.15, -0.1) is 0 Å². The summed E-state index contributed by atoms with van der Waals surface area (Å²) in [5.74, 6) is 0.344. The molecule has 0 saturated heterocycles. The van der Waals surface area contributed by atoms with Gasteiger partial charge in [0.1, 0.15) is 18.1 Å². The minimum atomic E-state index is -0.421. The normalized spacial score (nSPS) is 18.6. The molecule has 2 aliphatic heterocycles. The average Bonchev–Trinajstić information content (AvgIpc) is 3.07. The molecule has 2 aliphatic rings. The maximum absolute atomic E-state index is 13.2. The number of anilines is 1. The van der Waals surface area contributed by atoms with Crippen LogP contribution in [0.1, 0.15) is 29.0 Å². The van der Waals surface area contributed by atoms with Gasteiger partial charge in [-0.25, -0.2) is 4.79 Å². The van der Waals surface area contributed by atoms with E-state index in [-0.39, 0.29) is 24.9 Å². The molecule has 0 saturated carbocycles. The lowest BCUT2D eigenvalue weighted by Crippen LogP contribution is -2.37. The van der Waals surface area contributed by atoms with Gasteiger partial charge in [0.15, 0.2) is 0 Å². The summed E-state index contributed by atoms with van der Waals surface area (Å²) in [6.45, 7) is 4.06. The van der Waals surface area contributed by atoms with Crippen molar-refractivity contribution in [2.75, 3.05) is 25.7 Å². The van der Waals surface area contributed by atoms with E-state index >= 15 is 0 Å². The zero-order valence-electron chi connectivity index (χ0n) is 16.9. The molecule has 29 heavy (non-hydrogen) atoms. The highest BCUT2D eigenvalue weighted by Gasteiger charge is 2.43. The van der Waals surface area contributed by atoms with Crippen LogP contribution in [0.25, 0.3) is 0 Å². The molecule has 2 aromatic rings. The van der Waals surface area contributed by atoms with Gasteiger partial charge in [0, 0.05) is 29.7 Å². The number of hydrogen-bond donors (Lipinski definition) is 0. The van der Waals surface area contributed by atoms with Gasteiger partial charge < -0.3 is 14.2 Å². The van der Waals surface area contributed by atoms with E-state index in [1.807, 2.05) is 32.0 Å². The summed E-state index contributed by atoms with van der Waals surface area (Å²) < 4.78 is 16.1. The van der Waals surface area contributed by atoms with Gasteiger partial charge in [-0.3, -0.25) is 9.69 Å². The van der Waals surface area contributed by atoms with E-state index in [4.69, 9.17) is 14.2 Å². The number of carbonyl (C=O) groups is 2. The molecule has 0 bridgehead atoms. The van der Waals surface area contributed by atoms with Crippen LogP contribution >= 0.6 is 0 Å². The molecule has 0 N–H and O–H groups in total. The fraction of sp³-hybridized carbons (Fsp3) is 0.304. The second-order valence-electron chi connectivity index (χ2n) is 7.38. The summed E-state index contributed by atoms with van der Waals surface area (Å²) >= 11 is 0. The third-order valence-electron chi connectivity index (χ3n) is 5.40. The highest BCUT2D eigenvalue weighted by molar-refractivity contribution is 6.06. The van der Waals surface area contributed by atoms with Crippen LogP contribution < -0.4 is 14.4 Å². The number of nitrogens with zero attached hydrogens (tertiary/aromatic N) is 1. The summed E-state index contributed by atoms with van der Waals surface area (Å²) in [5.41, 5.74) is 4.77. The number of methoxy groups -OCH3 is 2. The Morgan fingerprint density at radius 3 is 2.38 bits per heavy atom. The summed E-state index contributed by atoms with van der Waals surface area (Å²) in [4.78, 5) is 27.5. The van der Waals surface area contributed by atoms with Crippen molar-refractivity contribution < 1.29 is 23.8 Å². The zero-order chi connectivity index (χ0) is 20.7. The van der Waals surface area contributed by atoms with Gasteiger partial charge >= 0.3 is 5.97 Å². The predicted molar refractivity (Wildman–Crippen MR) is 108 cm³/mol. The first-order chi connectivity index (χ1) is 13.9. The Kier molecular flexibility index (Phi) is 4.78. The molecule has 6 nitrogen and oxygen atoms in total. The van der Waals surface area contributed by atoms with Crippen LogP contribution in [0.5, 0.6) is 11.5 Å². The molecular formula is C23H23NO5. The molecule has 4 rings (SSSR count). The molecule has 0 aromatic heterocycles. The van der Waals surface area contributed by atoms with Crippen molar-refractivity contribution in [2.45, 2.75) is 26.2 Å². The van der Waals surface area contributed by atoms with Gasteiger partial charge in [-0.2, -0.15) is 0 Å². The molecule has 2 heterocycles. The summed E-state index contributed by atoms with van der Waals surface area (Å²) in [7, 11) is 3.14. The van der Waals surface area contributed by atoms with Crippen LogP contribution in [0.3, 0.4) is 0 Å². The molecule has 1 amide bonds. The van der Waals surface area contributed by atoms with E-state index in [1.165, 1.54) is 0 Å². The minimum Gasteiger partial charge on any atom is -0.497 e.